The van der Waals surface area contributed by atoms with Crippen LogP contribution in [0.3, 0.4) is 0 Å². The fourth-order valence-electron chi connectivity index (χ4n) is 1.40. The molecular weight excluding hydrogens is 241 g/mol. The van der Waals surface area contributed by atoms with Crippen molar-refractivity contribution in [2.75, 3.05) is 10.8 Å². The fraction of sp³-hybridized carbons (Fsp3) is 0.400. The lowest BCUT2D eigenvalue weighted by molar-refractivity contribution is 0.426. The highest BCUT2D eigenvalue weighted by atomic mass is 32.2. The molecule has 0 radical (unpaired) electrons. The maximum absolute atomic E-state index is 11.1. The van der Waals surface area contributed by atoms with Gasteiger partial charge in [0.2, 0.25) is 0 Å². The van der Waals surface area contributed by atoms with E-state index in [-0.39, 0.29) is 0 Å². The Hall–Kier alpha value is -0.885. The molecule has 0 aliphatic rings. The Morgan fingerprint density at radius 3 is 2.35 bits per heavy atom. The number of benzene rings is 1. The van der Waals surface area contributed by atoms with Crippen molar-refractivity contribution in [3.8, 4) is 0 Å². The van der Waals surface area contributed by atoms with Crippen molar-refractivity contribution in [3.05, 3.63) is 24.3 Å². The molecule has 1 rings (SSSR count). The molecule has 0 bridgehead atoms. The molecule has 1 aromatic rings. The van der Waals surface area contributed by atoms with Crippen LogP contribution in [0.4, 0.5) is 5.69 Å². The number of hydrogen-bond acceptors (Lipinski definition) is 4. The van der Waals surface area contributed by atoms with Crippen LogP contribution in [0.5, 0.6) is 0 Å². The van der Waals surface area contributed by atoms with Gasteiger partial charge in [-0.05, 0) is 24.0 Å². The van der Waals surface area contributed by atoms with E-state index in [9.17, 15) is 8.76 Å². The van der Waals surface area contributed by atoms with Crippen LogP contribution in [0.15, 0.2) is 24.3 Å². The molecule has 0 saturated heterocycles. The van der Waals surface area contributed by atoms with Gasteiger partial charge in [0.25, 0.3) is 0 Å². The predicted octanol–water partition coefficient (Wildman–Crippen LogP) is -0.233. The Balaban J connectivity index is 2.83. The van der Waals surface area contributed by atoms with E-state index in [0.717, 1.165) is 12.8 Å². The summed E-state index contributed by atoms with van der Waals surface area (Å²) in [7, 11) is -1.54. The summed E-state index contributed by atoms with van der Waals surface area (Å²) < 4.78 is 23.4. The van der Waals surface area contributed by atoms with Gasteiger partial charge in [-0.25, -0.2) is 0 Å². The minimum Gasteiger partial charge on any atom is -0.755 e. The zero-order valence-corrected chi connectivity index (χ0v) is 10.4. The van der Waals surface area contributed by atoms with Crippen molar-refractivity contribution in [3.63, 3.8) is 0 Å². The van der Waals surface area contributed by atoms with Crippen molar-refractivity contribution >= 4 is 29.5 Å². The standard InChI is InChI=1S/C10H16BNO4S/c1-2-3-8-12(17(15)16)10-6-4-9(5-7-10)11(13)14/h4-7,13-14H,2-3,8H2,1H3,(H,15,16)/p-1. The molecular formula is C10H15BNO4S-. The molecule has 1 unspecified atom stereocenters. The van der Waals surface area contributed by atoms with Crippen LogP contribution in [0.25, 0.3) is 0 Å². The van der Waals surface area contributed by atoms with E-state index in [4.69, 9.17) is 10.0 Å². The van der Waals surface area contributed by atoms with Crippen LogP contribution in [0.1, 0.15) is 19.8 Å². The third-order valence-corrected chi connectivity index (χ3v) is 3.13. The highest BCUT2D eigenvalue weighted by Crippen LogP contribution is 2.14. The van der Waals surface area contributed by atoms with E-state index in [2.05, 4.69) is 0 Å². The van der Waals surface area contributed by atoms with Gasteiger partial charge in [0.15, 0.2) is 0 Å². The highest BCUT2D eigenvalue weighted by Gasteiger charge is 2.12. The van der Waals surface area contributed by atoms with Gasteiger partial charge >= 0.3 is 7.12 Å². The number of hydrogen-bond donors (Lipinski definition) is 2. The summed E-state index contributed by atoms with van der Waals surface area (Å²) in [5.74, 6) is 0. The second-order valence-corrected chi connectivity index (χ2v) is 4.51. The monoisotopic (exact) mass is 256 g/mol. The molecule has 1 atom stereocenters. The average molecular weight is 256 g/mol. The molecule has 0 amide bonds. The van der Waals surface area contributed by atoms with E-state index in [0.29, 0.717) is 17.7 Å². The van der Waals surface area contributed by atoms with E-state index in [1.54, 1.807) is 12.1 Å². The van der Waals surface area contributed by atoms with Crippen molar-refractivity contribution in [1.82, 2.24) is 0 Å². The maximum atomic E-state index is 11.1. The first-order chi connectivity index (χ1) is 8.06. The second-order valence-electron chi connectivity index (χ2n) is 3.64. The molecule has 0 aliphatic carbocycles. The molecule has 7 heteroatoms. The lowest BCUT2D eigenvalue weighted by atomic mass is 9.80. The van der Waals surface area contributed by atoms with Gasteiger partial charge in [0, 0.05) is 23.5 Å². The Morgan fingerprint density at radius 2 is 1.94 bits per heavy atom. The smallest absolute Gasteiger partial charge is 0.488 e. The normalized spacial score (nSPS) is 12.2. The van der Waals surface area contributed by atoms with Gasteiger partial charge in [-0.15, -0.1) is 0 Å². The molecule has 2 N–H and O–H groups in total. The summed E-state index contributed by atoms with van der Waals surface area (Å²) >= 11 is -2.31. The van der Waals surface area contributed by atoms with Crippen LogP contribution in [-0.4, -0.2) is 32.5 Å². The van der Waals surface area contributed by atoms with Crippen molar-refractivity contribution in [1.29, 1.82) is 0 Å². The van der Waals surface area contributed by atoms with Crippen LogP contribution in [0, 0.1) is 0 Å². The van der Waals surface area contributed by atoms with Gasteiger partial charge in [0.05, 0.1) is 0 Å². The molecule has 94 valence electrons. The summed E-state index contributed by atoms with van der Waals surface area (Å²) in [6, 6.07) is 6.10. The minimum absolute atomic E-state index is 0.334. The SMILES string of the molecule is CCCCN(c1ccc(B(O)O)cc1)S(=O)[O-]. The third kappa shape index (κ3) is 4.12. The van der Waals surface area contributed by atoms with Crippen molar-refractivity contribution < 1.29 is 18.8 Å². The maximum Gasteiger partial charge on any atom is 0.488 e. The second kappa shape index (κ2) is 6.75. The van der Waals surface area contributed by atoms with Gasteiger partial charge < -0.3 is 18.9 Å². The molecule has 0 spiro atoms. The van der Waals surface area contributed by atoms with E-state index in [1.165, 1.54) is 16.4 Å². The van der Waals surface area contributed by atoms with Crippen LogP contribution >= 0.6 is 0 Å². The largest absolute Gasteiger partial charge is 0.755 e. The van der Waals surface area contributed by atoms with E-state index < -0.39 is 18.4 Å². The number of rotatable bonds is 6. The highest BCUT2D eigenvalue weighted by molar-refractivity contribution is 7.80. The summed E-state index contributed by atoms with van der Waals surface area (Å²) in [5, 5.41) is 17.8. The van der Waals surface area contributed by atoms with Gasteiger partial charge in [-0.2, -0.15) is 0 Å². The van der Waals surface area contributed by atoms with Crippen LogP contribution < -0.4 is 9.77 Å². The lowest BCUT2D eigenvalue weighted by Gasteiger charge is -2.26. The molecule has 1 aromatic carbocycles. The van der Waals surface area contributed by atoms with Gasteiger partial charge in [-0.1, -0.05) is 25.5 Å². The predicted molar refractivity (Wildman–Crippen MR) is 67.4 cm³/mol. The lowest BCUT2D eigenvalue weighted by Crippen LogP contribution is -2.31. The summed E-state index contributed by atoms with van der Waals surface area (Å²) in [6.45, 7) is 2.41. The quantitative estimate of drug-likeness (QED) is 0.543. The molecule has 0 saturated carbocycles. The van der Waals surface area contributed by atoms with E-state index >= 15 is 0 Å². The van der Waals surface area contributed by atoms with Gasteiger partial charge in [0.1, 0.15) is 0 Å². The Labute approximate surface area is 104 Å². The van der Waals surface area contributed by atoms with Crippen molar-refractivity contribution in [2.45, 2.75) is 19.8 Å². The zero-order valence-electron chi connectivity index (χ0n) is 9.57. The molecule has 0 heterocycles. The van der Waals surface area contributed by atoms with Crippen molar-refractivity contribution in [2.24, 2.45) is 0 Å². The Kier molecular flexibility index (Phi) is 5.63. The molecule has 17 heavy (non-hydrogen) atoms. The van der Waals surface area contributed by atoms with E-state index in [1.807, 2.05) is 6.92 Å². The Bertz CT molecular complexity index is 371. The van der Waals surface area contributed by atoms with Crippen LogP contribution in [0.2, 0.25) is 0 Å². The zero-order chi connectivity index (χ0) is 12.8. The number of nitrogens with zero attached hydrogens (tertiary/aromatic N) is 1. The number of unbranched alkanes of at least 4 members (excludes halogenated alkanes) is 1. The summed E-state index contributed by atoms with van der Waals surface area (Å²) in [6.07, 6.45) is 1.68. The molecule has 0 fully saturated rings. The molecule has 0 aromatic heterocycles. The first-order valence-electron chi connectivity index (χ1n) is 5.39. The molecule has 0 aliphatic heterocycles. The topological polar surface area (TPSA) is 83.8 Å². The third-order valence-electron chi connectivity index (χ3n) is 2.37. The molecule has 5 nitrogen and oxygen atoms in total. The minimum atomic E-state index is -2.31. The Morgan fingerprint density at radius 1 is 1.35 bits per heavy atom. The van der Waals surface area contributed by atoms with Crippen LogP contribution in [-0.2, 0) is 11.3 Å². The summed E-state index contributed by atoms with van der Waals surface area (Å²) in [5.41, 5.74) is 0.858. The average Bonchev–Trinajstić information content (AvgIpc) is 2.29. The summed E-state index contributed by atoms with van der Waals surface area (Å²) in [4.78, 5) is 0. The first kappa shape index (κ1) is 14.2. The first-order valence-corrected chi connectivity index (χ1v) is 6.42. The van der Waals surface area contributed by atoms with Gasteiger partial charge in [-0.3, -0.25) is 4.21 Å². The fourth-order valence-corrected chi connectivity index (χ4v) is 1.98. The number of anilines is 1.